The normalized spacial score (nSPS) is 24.5. The van der Waals surface area contributed by atoms with Gasteiger partial charge in [-0.2, -0.15) is 0 Å². The molecule has 5 nitrogen and oxygen atoms in total. The largest absolute Gasteiger partial charge is 0.507 e. The van der Waals surface area contributed by atoms with Crippen LogP contribution in [-0.2, 0) is 16.0 Å². The highest BCUT2D eigenvalue weighted by Gasteiger charge is 2.41. The van der Waals surface area contributed by atoms with Crippen LogP contribution in [0, 0.1) is 24.2 Å². The molecule has 0 saturated heterocycles. The third kappa shape index (κ3) is 5.09. The first-order chi connectivity index (χ1) is 14.4. The Hall–Kier alpha value is -2.40. The van der Waals surface area contributed by atoms with E-state index in [0.29, 0.717) is 30.0 Å². The van der Waals surface area contributed by atoms with E-state index in [0.717, 1.165) is 12.0 Å². The second kappa shape index (κ2) is 9.82. The van der Waals surface area contributed by atoms with E-state index in [1.807, 2.05) is 26.0 Å². The third-order valence-electron chi connectivity index (χ3n) is 6.75. The van der Waals surface area contributed by atoms with Crippen molar-refractivity contribution in [3.8, 4) is 11.5 Å². The summed E-state index contributed by atoms with van der Waals surface area (Å²) in [6, 6.07) is 0. The molecule has 168 valence electrons. The van der Waals surface area contributed by atoms with Gasteiger partial charge in [0, 0.05) is 24.8 Å². The van der Waals surface area contributed by atoms with Crippen molar-refractivity contribution in [2.45, 2.75) is 60.8 Å². The minimum atomic E-state index is -0.570. The minimum absolute atomic E-state index is 0.0500. The van der Waals surface area contributed by atoms with E-state index in [1.54, 1.807) is 6.92 Å². The zero-order valence-electron chi connectivity index (χ0n) is 19.0. The van der Waals surface area contributed by atoms with E-state index in [9.17, 15) is 19.5 Å². The first kappa shape index (κ1) is 24.9. The van der Waals surface area contributed by atoms with Gasteiger partial charge < -0.3 is 9.84 Å². The van der Waals surface area contributed by atoms with Gasteiger partial charge in [-0.1, -0.05) is 56.2 Å². The molecule has 0 radical (unpaired) electrons. The number of Topliss-reactive ketones (excluding diaryl/α,β-unsaturated/α-hetero) is 1. The topological polar surface area (TPSA) is 80.7 Å². The van der Waals surface area contributed by atoms with Crippen LogP contribution >= 0.6 is 11.6 Å². The number of carbonyl (C=O) groups excluding carboxylic acids is 3. The number of ketones is 1. The van der Waals surface area contributed by atoms with Gasteiger partial charge in [0.1, 0.15) is 11.5 Å². The summed E-state index contributed by atoms with van der Waals surface area (Å²) < 4.78 is 5.25. The van der Waals surface area contributed by atoms with E-state index in [-0.39, 0.29) is 45.4 Å². The fraction of sp³-hybridized carbons (Fsp3) is 0.480. The molecule has 1 N–H and O–H groups in total. The van der Waals surface area contributed by atoms with Crippen molar-refractivity contribution in [2.24, 2.45) is 17.3 Å². The van der Waals surface area contributed by atoms with Crippen molar-refractivity contribution < 1.29 is 24.2 Å². The van der Waals surface area contributed by atoms with Crippen LogP contribution < -0.4 is 4.74 Å². The molecule has 0 bridgehead atoms. The summed E-state index contributed by atoms with van der Waals surface area (Å²) in [5, 5.41) is 10.7. The molecular weight excluding hydrogens is 416 g/mol. The van der Waals surface area contributed by atoms with Crippen LogP contribution in [0.25, 0.3) is 0 Å². The second-order valence-electron chi connectivity index (χ2n) is 8.70. The quantitative estimate of drug-likeness (QED) is 0.259. The Morgan fingerprint density at radius 1 is 1.32 bits per heavy atom. The Labute approximate surface area is 189 Å². The van der Waals surface area contributed by atoms with Crippen LogP contribution in [0.3, 0.4) is 0 Å². The highest BCUT2D eigenvalue weighted by molar-refractivity contribution is 6.33. The van der Waals surface area contributed by atoms with Gasteiger partial charge in [0.15, 0.2) is 12.0 Å². The summed E-state index contributed by atoms with van der Waals surface area (Å²) in [4.78, 5) is 35.2. The Morgan fingerprint density at radius 2 is 1.97 bits per heavy atom. The Kier molecular flexibility index (Phi) is 7.87. The lowest BCUT2D eigenvalue weighted by Gasteiger charge is -2.42. The molecule has 3 atom stereocenters. The molecule has 1 aromatic rings. The van der Waals surface area contributed by atoms with Crippen LogP contribution in [0.5, 0.6) is 11.5 Å². The summed E-state index contributed by atoms with van der Waals surface area (Å²) in [6.07, 6.45) is 8.20. The van der Waals surface area contributed by atoms with Gasteiger partial charge in [-0.3, -0.25) is 14.4 Å². The number of benzene rings is 1. The zero-order chi connectivity index (χ0) is 23.5. The fourth-order valence-electron chi connectivity index (χ4n) is 4.06. The number of esters is 1. The van der Waals surface area contributed by atoms with Crippen molar-refractivity contribution >= 4 is 29.6 Å². The number of hydrogen-bond acceptors (Lipinski definition) is 5. The second-order valence-corrected chi connectivity index (χ2v) is 9.08. The first-order valence-corrected chi connectivity index (χ1v) is 10.9. The zero-order valence-corrected chi connectivity index (χ0v) is 19.8. The molecule has 1 aliphatic carbocycles. The average molecular weight is 447 g/mol. The van der Waals surface area contributed by atoms with Gasteiger partial charge in [0.25, 0.3) is 0 Å². The molecular formula is C25H31ClO5. The molecule has 1 saturated carbocycles. The van der Waals surface area contributed by atoms with Crippen LogP contribution in [0.1, 0.15) is 68.9 Å². The van der Waals surface area contributed by atoms with Crippen LogP contribution in [-0.4, -0.2) is 23.1 Å². The maximum absolute atomic E-state index is 12.2. The number of rotatable bonds is 6. The molecule has 31 heavy (non-hydrogen) atoms. The molecule has 0 spiro atoms. The predicted molar refractivity (Wildman–Crippen MR) is 122 cm³/mol. The minimum Gasteiger partial charge on any atom is -0.507 e. The third-order valence-corrected chi connectivity index (χ3v) is 7.20. The SMILES string of the molecule is CC(=O)Oc1c(Cl)c(C)c(C=O)c(O)c1CC=C(C)C=C[C@@]1(C)[C@H](C)CCC(=O)[C@@H]1C. The summed E-state index contributed by atoms with van der Waals surface area (Å²) in [6.45, 7) is 11.0. The maximum atomic E-state index is 12.2. The van der Waals surface area contributed by atoms with E-state index in [1.165, 1.54) is 6.92 Å². The Balaban J connectivity index is 2.39. The monoisotopic (exact) mass is 446 g/mol. The van der Waals surface area contributed by atoms with Crippen LogP contribution in [0.2, 0.25) is 5.02 Å². The molecule has 0 aliphatic heterocycles. The van der Waals surface area contributed by atoms with Crippen molar-refractivity contribution in [3.63, 3.8) is 0 Å². The van der Waals surface area contributed by atoms with Gasteiger partial charge in [0.05, 0.1) is 10.6 Å². The molecule has 6 heteroatoms. The molecule has 0 amide bonds. The number of allylic oxidation sites excluding steroid dienone is 4. The van der Waals surface area contributed by atoms with Crippen molar-refractivity contribution in [1.29, 1.82) is 0 Å². The lowest BCUT2D eigenvalue weighted by molar-refractivity contribution is -0.132. The highest BCUT2D eigenvalue weighted by Crippen LogP contribution is 2.45. The van der Waals surface area contributed by atoms with E-state index in [4.69, 9.17) is 16.3 Å². The van der Waals surface area contributed by atoms with Crippen molar-refractivity contribution in [2.75, 3.05) is 0 Å². The molecule has 1 aromatic carbocycles. The number of phenolic OH excluding ortho intramolecular Hbond substituents is 1. The molecule has 0 heterocycles. The van der Waals surface area contributed by atoms with Gasteiger partial charge in [-0.05, 0) is 43.6 Å². The predicted octanol–water partition coefficient (Wildman–Crippen LogP) is 5.78. The lowest BCUT2D eigenvalue weighted by atomic mass is 9.61. The van der Waals surface area contributed by atoms with Crippen LogP contribution in [0.15, 0.2) is 23.8 Å². The number of carbonyl (C=O) groups is 3. The van der Waals surface area contributed by atoms with E-state index >= 15 is 0 Å². The average Bonchev–Trinajstić information content (AvgIpc) is 2.71. The number of aldehydes is 1. The number of aromatic hydroxyl groups is 1. The Bertz CT molecular complexity index is 959. The number of phenols is 1. The van der Waals surface area contributed by atoms with Crippen LogP contribution in [0.4, 0.5) is 0 Å². The maximum Gasteiger partial charge on any atom is 0.308 e. The lowest BCUT2D eigenvalue weighted by Crippen LogP contribution is -2.40. The summed E-state index contributed by atoms with van der Waals surface area (Å²) in [7, 11) is 0. The molecule has 2 rings (SSSR count). The summed E-state index contributed by atoms with van der Waals surface area (Å²) in [5.41, 5.74) is 1.39. The molecule has 1 fully saturated rings. The number of halogens is 1. The van der Waals surface area contributed by atoms with Crippen molar-refractivity contribution in [1.82, 2.24) is 0 Å². The summed E-state index contributed by atoms with van der Waals surface area (Å²) >= 11 is 6.33. The van der Waals surface area contributed by atoms with E-state index in [2.05, 4.69) is 19.9 Å². The molecule has 0 aromatic heterocycles. The smallest absolute Gasteiger partial charge is 0.308 e. The van der Waals surface area contributed by atoms with Gasteiger partial charge in [0.2, 0.25) is 0 Å². The molecule has 1 aliphatic rings. The molecule has 0 unspecified atom stereocenters. The standard InChI is InChI=1S/C25H31ClO5/c1-14(11-12-25(6)15(2)8-10-21(29)17(25)4)7-9-19-23(30)20(13-27)16(3)22(26)24(19)31-18(5)28/h7,11-13,15,17,30H,8-10H2,1-6H3/t15-,17+,25+/m1/s1. The highest BCUT2D eigenvalue weighted by atomic mass is 35.5. The first-order valence-electron chi connectivity index (χ1n) is 10.5. The van der Waals surface area contributed by atoms with Gasteiger partial charge in [-0.25, -0.2) is 0 Å². The number of hydrogen-bond donors (Lipinski definition) is 1. The van der Waals surface area contributed by atoms with Gasteiger partial charge in [-0.15, -0.1) is 0 Å². The number of ether oxygens (including phenoxy) is 1. The van der Waals surface area contributed by atoms with Crippen molar-refractivity contribution in [3.05, 3.63) is 45.5 Å². The Morgan fingerprint density at radius 3 is 2.55 bits per heavy atom. The summed E-state index contributed by atoms with van der Waals surface area (Å²) in [5.74, 6) is -0.123. The van der Waals surface area contributed by atoms with E-state index < -0.39 is 5.97 Å². The fourth-order valence-corrected chi connectivity index (χ4v) is 4.32. The van der Waals surface area contributed by atoms with Gasteiger partial charge >= 0.3 is 5.97 Å².